The molecule has 2 aromatic rings. The van der Waals surface area contributed by atoms with Crippen LogP contribution in [0.25, 0.3) is 0 Å². The molecule has 0 atom stereocenters. The highest BCUT2D eigenvalue weighted by molar-refractivity contribution is 5.92. The Hall–Kier alpha value is -2.43. The van der Waals surface area contributed by atoms with Gasteiger partial charge in [-0.15, -0.1) is 0 Å². The van der Waals surface area contributed by atoms with Crippen LogP contribution in [0.1, 0.15) is 10.5 Å². The van der Waals surface area contributed by atoms with E-state index in [1.54, 1.807) is 18.2 Å². The molecule has 0 saturated carbocycles. The Morgan fingerprint density at radius 2 is 1.88 bits per heavy atom. The summed E-state index contributed by atoms with van der Waals surface area (Å²) in [7, 11) is 0. The van der Waals surface area contributed by atoms with Crippen LogP contribution in [0, 0.1) is 5.82 Å². The van der Waals surface area contributed by atoms with Crippen LogP contribution in [0.3, 0.4) is 0 Å². The molecule has 17 heavy (non-hydrogen) atoms. The van der Waals surface area contributed by atoms with Gasteiger partial charge in [0, 0.05) is 6.20 Å². The Balaban J connectivity index is 1.95. The van der Waals surface area contributed by atoms with Gasteiger partial charge in [-0.1, -0.05) is 6.07 Å². The van der Waals surface area contributed by atoms with E-state index < -0.39 is 0 Å². The molecule has 2 rings (SSSR count). The summed E-state index contributed by atoms with van der Waals surface area (Å²) in [6.45, 7) is 0. The van der Waals surface area contributed by atoms with Crippen molar-refractivity contribution in [3.8, 4) is 0 Å². The summed E-state index contributed by atoms with van der Waals surface area (Å²) in [6, 6.07) is 10.7. The number of nitrogens with zero attached hydrogens (tertiary/aromatic N) is 1. The van der Waals surface area contributed by atoms with Gasteiger partial charge in [-0.25, -0.2) is 4.39 Å². The zero-order chi connectivity index (χ0) is 12.1. The SMILES string of the molecule is O=C(NNc1ccc(F)cc1)c1ccccn1. The molecule has 1 aromatic carbocycles. The van der Waals surface area contributed by atoms with Gasteiger partial charge in [-0.3, -0.25) is 20.6 Å². The minimum absolute atomic E-state index is 0.308. The van der Waals surface area contributed by atoms with Crippen LogP contribution in [0.2, 0.25) is 0 Å². The third-order valence-electron chi connectivity index (χ3n) is 2.06. The third-order valence-corrected chi connectivity index (χ3v) is 2.06. The predicted octanol–water partition coefficient (Wildman–Crippen LogP) is 1.98. The molecule has 0 aliphatic carbocycles. The fraction of sp³-hybridized carbons (Fsp3) is 0. The quantitative estimate of drug-likeness (QED) is 0.794. The molecule has 0 aliphatic heterocycles. The number of pyridine rings is 1. The second kappa shape index (κ2) is 5.07. The number of hydrogen-bond donors (Lipinski definition) is 2. The molecule has 86 valence electrons. The first-order chi connectivity index (χ1) is 8.25. The largest absolute Gasteiger partial charge is 0.298 e. The molecule has 0 unspecified atom stereocenters. The molecule has 0 fully saturated rings. The summed E-state index contributed by atoms with van der Waals surface area (Å²) in [4.78, 5) is 15.5. The minimum atomic E-state index is -0.352. The smallest absolute Gasteiger partial charge is 0.288 e. The van der Waals surface area contributed by atoms with Crippen molar-refractivity contribution in [2.75, 3.05) is 5.43 Å². The van der Waals surface area contributed by atoms with Crippen LogP contribution in [-0.4, -0.2) is 10.9 Å². The van der Waals surface area contributed by atoms with Crippen molar-refractivity contribution in [1.29, 1.82) is 0 Å². The zero-order valence-electron chi connectivity index (χ0n) is 8.85. The van der Waals surface area contributed by atoms with E-state index in [4.69, 9.17) is 0 Å². The highest BCUT2D eigenvalue weighted by atomic mass is 19.1. The summed E-state index contributed by atoms with van der Waals surface area (Å²) >= 11 is 0. The fourth-order valence-corrected chi connectivity index (χ4v) is 1.22. The van der Waals surface area contributed by atoms with E-state index in [9.17, 15) is 9.18 Å². The van der Waals surface area contributed by atoms with Gasteiger partial charge < -0.3 is 0 Å². The van der Waals surface area contributed by atoms with Gasteiger partial charge in [0.2, 0.25) is 0 Å². The lowest BCUT2D eigenvalue weighted by Gasteiger charge is -2.07. The number of anilines is 1. The number of carbonyl (C=O) groups excluding carboxylic acids is 1. The van der Waals surface area contributed by atoms with E-state index >= 15 is 0 Å². The molecule has 1 amide bonds. The minimum Gasteiger partial charge on any atom is -0.298 e. The first-order valence-corrected chi connectivity index (χ1v) is 4.98. The van der Waals surface area contributed by atoms with Gasteiger partial charge in [0.1, 0.15) is 11.5 Å². The Morgan fingerprint density at radius 1 is 1.12 bits per heavy atom. The topological polar surface area (TPSA) is 54.0 Å². The maximum absolute atomic E-state index is 12.6. The van der Waals surface area contributed by atoms with Crippen molar-refractivity contribution < 1.29 is 9.18 Å². The number of hydrogen-bond acceptors (Lipinski definition) is 3. The Kier molecular flexibility index (Phi) is 3.30. The first kappa shape index (κ1) is 11.1. The molecular formula is C12H10FN3O. The summed E-state index contributed by atoms with van der Waals surface area (Å²) in [5.74, 6) is -0.679. The zero-order valence-corrected chi connectivity index (χ0v) is 8.85. The number of hydrazine groups is 1. The fourth-order valence-electron chi connectivity index (χ4n) is 1.22. The van der Waals surface area contributed by atoms with E-state index in [-0.39, 0.29) is 11.7 Å². The second-order valence-electron chi connectivity index (χ2n) is 3.30. The number of benzene rings is 1. The van der Waals surface area contributed by atoms with Crippen molar-refractivity contribution >= 4 is 11.6 Å². The third kappa shape index (κ3) is 3.01. The normalized spacial score (nSPS) is 9.71. The van der Waals surface area contributed by atoms with Crippen LogP contribution < -0.4 is 10.9 Å². The molecule has 0 bridgehead atoms. The van der Waals surface area contributed by atoms with E-state index in [0.29, 0.717) is 11.4 Å². The van der Waals surface area contributed by atoms with E-state index in [2.05, 4.69) is 15.8 Å². The first-order valence-electron chi connectivity index (χ1n) is 4.98. The van der Waals surface area contributed by atoms with Gasteiger partial charge in [0.25, 0.3) is 5.91 Å². The molecule has 0 spiro atoms. The standard InChI is InChI=1S/C12H10FN3O/c13-9-4-6-10(7-5-9)15-16-12(17)11-3-1-2-8-14-11/h1-8,15H,(H,16,17). The van der Waals surface area contributed by atoms with Gasteiger partial charge in [0.05, 0.1) is 5.69 Å². The number of amides is 1. The lowest BCUT2D eigenvalue weighted by molar-refractivity contribution is 0.0958. The van der Waals surface area contributed by atoms with Gasteiger partial charge in [-0.05, 0) is 36.4 Å². The predicted molar refractivity (Wildman–Crippen MR) is 61.7 cm³/mol. The second-order valence-corrected chi connectivity index (χ2v) is 3.30. The van der Waals surface area contributed by atoms with Crippen LogP contribution in [0.5, 0.6) is 0 Å². The molecule has 1 heterocycles. The van der Waals surface area contributed by atoms with Gasteiger partial charge in [-0.2, -0.15) is 0 Å². The summed E-state index contributed by atoms with van der Waals surface area (Å²) < 4.78 is 12.6. The van der Waals surface area contributed by atoms with Crippen LogP contribution in [0.15, 0.2) is 48.7 Å². The molecular weight excluding hydrogens is 221 g/mol. The number of halogens is 1. The van der Waals surface area contributed by atoms with Crippen molar-refractivity contribution in [2.24, 2.45) is 0 Å². The van der Waals surface area contributed by atoms with Crippen LogP contribution >= 0.6 is 0 Å². The van der Waals surface area contributed by atoms with E-state index in [1.807, 2.05) is 0 Å². The highest BCUT2D eigenvalue weighted by Crippen LogP contribution is 2.06. The molecule has 0 aliphatic rings. The van der Waals surface area contributed by atoms with Crippen molar-refractivity contribution in [3.05, 3.63) is 60.2 Å². The van der Waals surface area contributed by atoms with E-state index in [0.717, 1.165) is 0 Å². The monoisotopic (exact) mass is 231 g/mol. The average molecular weight is 231 g/mol. The summed E-state index contributed by atoms with van der Waals surface area (Å²) in [5, 5.41) is 0. The maximum atomic E-state index is 12.6. The molecule has 1 aromatic heterocycles. The van der Waals surface area contributed by atoms with Crippen LogP contribution in [-0.2, 0) is 0 Å². The summed E-state index contributed by atoms with van der Waals surface area (Å²) in [6.07, 6.45) is 1.53. The number of carbonyl (C=O) groups is 1. The van der Waals surface area contributed by atoms with Gasteiger partial charge in [0.15, 0.2) is 0 Å². The summed E-state index contributed by atoms with van der Waals surface area (Å²) in [5.41, 5.74) is 6.03. The Morgan fingerprint density at radius 3 is 2.53 bits per heavy atom. The molecule has 2 N–H and O–H groups in total. The average Bonchev–Trinajstić information content (AvgIpc) is 2.39. The Bertz CT molecular complexity index is 499. The van der Waals surface area contributed by atoms with Crippen molar-refractivity contribution in [1.82, 2.24) is 10.4 Å². The number of nitrogens with one attached hydrogen (secondary N) is 2. The highest BCUT2D eigenvalue weighted by Gasteiger charge is 2.04. The van der Waals surface area contributed by atoms with Crippen molar-refractivity contribution in [2.45, 2.75) is 0 Å². The van der Waals surface area contributed by atoms with Crippen LogP contribution in [0.4, 0.5) is 10.1 Å². The lowest BCUT2D eigenvalue weighted by Crippen LogP contribution is -2.29. The molecule has 0 saturated heterocycles. The molecule has 4 nitrogen and oxygen atoms in total. The molecule has 5 heteroatoms. The number of rotatable bonds is 3. The molecule has 0 radical (unpaired) electrons. The lowest BCUT2D eigenvalue weighted by atomic mass is 10.3. The van der Waals surface area contributed by atoms with Gasteiger partial charge >= 0.3 is 0 Å². The Labute approximate surface area is 97.5 Å². The number of aromatic nitrogens is 1. The van der Waals surface area contributed by atoms with E-state index in [1.165, 1.54) is 30.5 Å². The maximum Gasteiger partial charge on any atom is 0.288 e. The van der Waals surface area contributed by atoms with Crippen molar-refractivity contribution in [3.63, 3.8) is 0 Å².